The Bertz CT molecular complexity index is 790. The molecule has 0 spiro atoms. The number of anilines is 1. The lowest BCUT2D eigenvalue weighted by Gasteiger charge is -2.18. The highest BCUT2D eigenvalue weighted by Gasteiger charge is 2.24. The molecule has 1 aliphatic rings. The fraction of sp³-hybridized carbons (Fsp3) is 0.429. The van der Waals surface area contributed by atoms with Gasteiger partial charge in [-0.2, -0.15) is 0 Å². The molecule has 2 aromatic rings. The Kier molecular flexibility index (Phi) is 5.77. The quantitative estimate of drug-likeness (QED) is 0.732. The molecule has 138 valence electrons. The summed E-state index contributed by atoms with van der Waals surface area (Å²) in [4.78, 5) is 26.7. The highest BCUT2D eigenvalue weighted by atomic mass is 32.1. The van der Waals surface area contributed by atoms with Gasteiger partial charge < -0.3 is 10.1 Å². The normalized spacial score (nSPS) is 15.2. The number of carbonyl (C=O) groups excluding carboxylic acids is 2. The minimum absolute atomic E-state index is 0.307. The minimum atomic E-state index is -0.843. The summed E-state index contributed by atoms with van der Waals surface area (Å²) in [5.74, 6) is -0.377. The second-order valence-corrected chi connectivity index (χ2v) is 7.98. The van der Waals surface area contributed by atoms with Crippen molar-refractivity contribution in [2.75, 3.05) is 5.32 Å². The number of hydrogen-bond acceptors (Lipinski definition) is 4. The van der Waals surface area contributed by atoms with Crippen molar-refractivity contribution in [2.24, 2.45) is 0 Å². The summed E-state index contributed by atoms with van der Waals surface area (Å²) < 4.78 is 5.39. The second kappa shape index (κ2) is 8.04. The van der Waals surface area contributed by atoms with E-state index < -0.39 is 12.1 Å². The Morgan fingerprint density at radius 2 is 2.00 bits per heavy atom. The van der Waals surface area contributed by atoms with Gasteiger partial charge >= 0.3 is 5.97 Å². The van der Waals surface area contributed by atoms with Gasteiger partial charge in [0, 0.05) is 10.6 Å². The molecule has 1 aromatic carbocycles. The molecule has 1 aliphatic carbocycles. The first kappa shape index (κ1) is 18.6. The van der Waals surface area contributed by atoms with E-state index in [0.717, 1.165) is 36.9 Å². The SMILES string of the molecule is CC[C@@H](C)c1ccccc1NC(=O)[C@H](C)OC(=O)c1cc2c(s1)CCC2. The fourth-order valence-electron chi connectivity index (χ4n) is 3.20. The molecule has 1 heterocycles. The molecule has 0 radical (unpaired) electrons. The Morgan fingerprint density at radius 3 is 2.73 bits per heavy atom. The standard InChI is InChI=1S/C21H25NO3S/c1-4-13(2)16-9-5-6-10-17(16)22-20(23)14(3)25-21(24)19-12-15-8-7-11-18(15)26-19/h5-6,9-10,12-14H,4,7-8,11H2,1-3H3,(H,22,23)/t13-,14+/m1/s1. The number of fused-ring (bicyclic) bond motifs is 1. The van der Waals surface area contributed by atoms with Crippen LogP contribution in [0.3, 0.4) is 0 Å². The molecule has 0 saturated heterocycles. The summed E-state index contributed by atoms with van der Waals surface area (Å²) >= 11 is 1.49. The third-order valence-electron chi connectivity index (χ3n) is 4.96. The number of esters is 1. The third-order valence-corrected chi connectivity index (χ3v) is 6.18. The predicted octanol–water partition coefficient (Wildman–Crippen LogP) is 4.93. The smallest absolute Gasteiger partial charge is 0.349 e. The van der Waals surface area contributed by atoms with E-state index in [4.69, 9.17) is 4.74 Å². The summed E-state index contributed by atoms with van der Waals surface area (Å²) in [6.45, 7) is 5.86. The van der Waals surface area contributed by atoms with E-state index in [-0.39, 0.29) is 5.91 Å². The number of aryl methyl sites for hydroxylation is 2. The van der Waals surface area contributed by atoms with E-state index in [1.807, 2.05) is 30.3 Å². The minimum Gasteiger partial charge on any atom is -0.448 e. The third kappa shape index (κ3) is 3.98. The van der Waals surface area contributed by atoms with Crippen molar-refractivity contribution in [3.8, 4) is 0 Å². The lowest BCUT2D eigenvalue weighted by molar-refractivity contribution is -0.123. The van der Waals surface area contributed by atoms with E-state index >= 15 is 0 Å². The van der Waals surface area contributed by atoms with Gasteiger partial charge in [-0.3, -0.25) is 4.79 Å². The van der Waals surface area contributed by atoms with Gasteiger partial charge in [-0.15, -0.1) is 11.3 Å². The van der Waals surface area contributed by atoms with E-state index in [1.54, 1.807) is 6.92 Å². The van der Waals surface area contributed by atoms with Gasteiger partial charge in [-0.05, 0) is 61.8 Å². The number of para-hydroxylation sites is 1. The number of nitrogens with one attached hydrogen (secondary N) is 1. The van der Waals surface area contributed by atoms with Crippen molar-refractivity contribution >= 4 is 28.9 Å². The monoisotopic (exact) mass is 371 g/mol. The van der Waals surface area contributed by atoms with E-state index in [9.17, 15) is 9.59 Å². The number of thiophene rings is 1. The fourth-order valence-corrected chi connectivity index (χ4v) is 4.33. The number of ether oxygens (including phenoxy) is 1. The molecule has 1 aromatic heterocycles. The Labute approximate surface area is 158 Å². The average Bonchev–Trinajstić information content (AvgIpc) is 3.23. The van der Waals surface area contributed by atoms with Crippen LogP contribution >= 0.6 is 11.3 Å². The molecule has 0 unspecified atom stereocenters. The molecular weight excluding hydrogens is 346 g/mol. The number of carbonyl (C=O) groups is 2. The summed E-state index contributed by atoms with van der Waals surface area (Å²) in [7, 11) is 0. The maximum atomic E-state index is 12.5. The first-order valence-electron chi connectivity index (χ1n) is 9.22. The van der Waals surface area contributed by atoms with Crippen LogP contribution in [0.4, 0.5) is 5.69 Å². The molecular formula is C21H25NO3S. The van der Waals surface area contributed by atoms with Crippen LogP contribution in [0, 0.1) is 0 Å². The zero-order valence-corrected chi connectivity index (χ0v) is 16.3. The van der Waals surface area contributed by atoms with Crippen LogP contribution in [0.15, 0.2) is 30.3 Å². The van der Waals surface area contributed by atoms with E-state index in [0.29, 0.717) is 10.8 Å². The molecule has 0 saturated carbocycles. The second-order valence-electron chi connectivity index (χ2n) is 6.85. The number of amides is 1. The van der Waals surface area contributed by atoms with E-state index in [1.165, 1.54) is 21.8 Å². The number of benzene rings is 1. The maximum Gasteiger partial charge on any atom is 0.349 e. The van der Waals surface area contributed by atoms with Crippen molar-refractivity contribution in [3.05, 3.63) is 51.2 Å². The van der Waals surface area contributed by atoms with Crippen molar-refractivity contribution in [1.82, 2.24) is 0 Å². The van der Waals surface area contributed by atoms with Gasteiger partial charge in [0.1, 0.15) is 4.88 Å². The zero-order chi connectivity index (χ0) is 18.7. The predicted molar refractivity (Wildman–Crippen MR) is 105 cm³/mol. The first-order valence-corrected chi connectivity index (χ1v) is 10.0. The summed E-state index contributed by atoms with van der Waals surface area (Å²) in [5.41, 5.74) is 3.13. The zero-order valence-electron chi connectivity index (χ0n) is 15.5. The molecule has 5 heteroatoms. The van der Waals surface area contributed by atoms with Crippen molar-refractivity contribution in [2.45, 2.75) is 58.5 Å². The topological polar surface area (TPSA) is 55.4 Å². The molecule has 1 amide bonds. The Morgan fingerprint density at radius 1 is 1.23 bits per heavy atom. The lowest BCUT2D eigenvalue weighted by Crippen LogP contribution is -2.30. The van der Waals surface area contributed by atoms with Gasteiger partial charge in [-0.25, -0.2) is 4.79 Å². The molecule has 0 bridgehead atoms. The highest BCUT2D eigenvalue weighted by Crippen LogP contribution is 2.31. The van der Waals surface area contributed by atoms with Crippen LogP contribution in [-0.2, 0) is 22.4 Å². The Balaban J connectivity index is 1.64. The first-order chi connectivity index (χ1) is 12.5. The van der Waals surface area contributed by atoms with Crippen LogP contribution in [-0.4, -0.2) is 18.0 Å². The number of hydrogen-bond donors (Lipinski definition) is 1. The molecule has 0 fully saturated rings. The van der Waals surface area contributed by atoms with E-state index in [2.05, 4.69) is 19.2 Å². The summed E-state index contributed by atoms with van der Waals surface area (Å²) in [5, 5.41) is 2.91. The largest absolute Gasteiger partial charge is 0.448 e. The maximum absolute atomic E-state index is 12.5. The molecule has 3 rings (SSSR count). The van der Waals surface area contributed by atoms with Gasteiger partial charge in [0.15, 0.2) is 6.10 Å². The van der Waals surface area contributed by atoms with Crippen molar-refractivity contribution < 1.29 is 14.3 Å². The van der Waals surface area contributed by atoms with Crippen molar-refractivity contribution in [1.29, 1.82) is 0 Å². The average molecular weight is 372 g/mol. The van der Waals surface area contributed by atoms with Crippen LogP contribution in [0.2, 0.25) is 0 Å². The molecule has 4 nitrogen and oxygen atoms in total. The van der Waals surface area contributed by atoms with Crippen LogP contribution < -0.4 is 5.32 Å². The molecule has 2 atom stereocenters. The van der Waals surface area contributed by atoms with Gasteiger partial charge in [0.25, 0.3) is 5.91 Å². The van der Waals surface area contributed by atoms with Gasteiger partial charge in [0.2, 0.25) is 0 Å². The summed E-state index contributed by atoms with van der Waals surface area (Å²) in [6, 6.07) is 9.69. The van der Waals surface area contributed by atoms with Gasteiger partial charge in [0.05, 0.1) is 0 Å². The van der Waals surface area contributed by atoms with Crippen LogP contribution in [0.1, 0.15) is 65.2 Å². The number of rotatable bonds is 6. The van der Waals surface area contributed by atoms with Gasteiger partial charge in [-0.1, -0.05) is 32.0 Å². The molecule has 26 heavy (non-hydrogen) atoms. The lowest BCUT2D eigenvalue weighted by atomic mass is 9.97. The Hall–Kier alpha value is -2.14. The summed E-state index contributed by atoms with van der Waals surface area (Å²) in [6.07, 6.45) is 3.37. The van der Waals surface area contributed by atoms with Crippen LogP contribution in [0.25, 0.3) is 0 Å². The molecule has 0 aliphatic heterocycles. The van der Waals surface area contributed by atoms with Crippen molar-refractivity contribution in [3.63, 3.8) is 0 Å². The molecule has 1 N–H and O–H groups in total. The highest BCUT2D eigenvalue weighted by molar-refractivity contribution is 7.14. The van der Waals surface area contributed by atoms with Crippen LogP contribution in [0.5, 0.6) is 0 Å².